The third-order valence-electron chi connectivity index (χ3n) is 4.12. The molecule has 1 unspecified atom stereocenters. The number of nitrogens with zero attached hydrogens (tertiary/aromatic N) is 2. The lowest BCUT2D eigenvalue weighted by atomic mass is 9.99. The fraction of sp³-hybridized carbons (Fsp3) is 0.438. The molecule has 0 saturated heterocycles. The third-order valence-corrected chi connectivity index (χ3v) is 5.48. The normalized spacial score (nSPS) is 13.1. The van der Waals surface area contributed by atoms with E-state index in [0.29, 0.717) is 17.3 Å². The van der Waals surface area contributed by atoms with Crippen molar-refractivity contribution in [3.63, 3.8) is 0 Å². The van der Waals surface area contributed by atoms with E-state index in [9.17, 15) is 8.42 Å². The van der Waals surface area contributed by atoms with Gasteiger partial charge in [0.25, 0.3) is 10.0 Å². The minimum atomic E-state index is -3.60. The Morgan fingerprint density at radius 3 is 2.27 bits per heavy atom. The monoisotopic (exact) mass is 321 g/mol. The highest BCUT2D eigenvalue weighted by Crippen LogP contribution is 2.24. The van der Waals surface area contributed by atoms with Gasteiger partial charge in [-0.15, -0.1) is 0 Å². The van der Waals surface area contributed by atoms with Crippen molar-refractivity contribution in [3.8, 4) is 0 Å². The fourth-order valence-electron chi connectivity index (χ4n) is 2.33. The summed E-state index contributed by atoms with van der Waals surface area (Å²) in [6, 6.07) is 7.08. The Kier molecular flexibility index (Phi) is 4.60. The van der Waals surface area contributed by atoms with Gasteiger partial charge in [-0.05, 0) is 43.9 Å². The van der Waals surface area contributed by atoms with Crippen LogP contribution in [0, 0.1) is 13.8 Å². The standard InChI is InChI=1S/C16H23N3O2S/c1-6-11(2)14-7-9-15(10-8-14)22(20,21)18-16-12(3)17-19(5)13(16)4/h7-11,18H,6H2,1-5H3. The van der Waals surface area contributed by atoms with Gasteiger partial charge in [0, 0.05) is 7.05 Å². The van der Waals surface area contributed by atoms with E-state index in [0.717, 1.165) is 17.7 Å². The van der Waals surface area contributed by atoms with Crippen LogP contribution >= 0.6 is 0 Å². The van der Waals surface area contributed by atoms with Crippen LogP contribution in [0.25, 0.3) is 0 Å². The van der Waals surface area contributed by atoms with E-state index in [4.69, 9.17) is 0 Å². The molecule has 0 aliphatic heterocycles. The van der Waals surface area contributed by atoms with E-state index < -0.39 is 10.0 Å². The van der Waals surface area contributed by atoms with Crippen LogP contribution in [0.1, 0.15) is 43.1 Å². The van der Waals surface area contributed by atoms with Crippen molar-refractivity contribution in [3.05, 3.63) is 41.2 Å². The molecule has 5 nitrogen and oxygen atoms in total. The summed E-state index contributed by atoms with van der Waals surface area (Å²) in [7, 11) is -1.80. The Morgan fingerprint density at radius 1 is 1.23 bits per heavy atom. The second kappa shape index (κ2) is 6.12. The van der Waals surface area contributed by atoms with Crippen LogP contribution in [0.15, 0.2) is 29.2 Å². The van der Waals surface area contributed by atoms with Crippen molar-refractivity contribution in [1.82, 2.24) is 9.78 Å². The molecule has 22 heavy (non-hydrogen) atoms. The van der Waals surface area contributed by atoms with E-state index >= 15 is 0 Å². The Bertz CT molecular complexity index is 761. The number of benzene rings is 1. The second-order valence-corrected chi connectivity index (χ2v) is 7.34. The van der Waals surface area contributed by atoms with Gasteiger partial charge < -0.3 is 0 Å². The first-order chi connectivity index (χ1) is 10.3. The fourth-order valence-corrected chi connectivity index (χ4v) is 3.50. The van der Waals surface area contributed by atoms with E-state index in [2.05, 4.69) is 23.7 Å². The molecule has 0 bridgehead atoms. The summed E-state index contributed by atoms with van der Waals surface area (Å²) < 4.78 is 29.3. The van der Waals surface area contributed by atoms with E-state index in [1.165, 1.54) is 0 Å². The molecule has 1 heterocycles. The van der Waals surface area contributed by atoms with Crippen molar-refractivity contribution in [2.75, 3.05) is 4.72 Å². The lowest BCUT2D eigenvalue weighted by Crippen LogP contribution is -2.14. The maximum absolute atomic E-state index is 12.5. The third kappa shape index (κ3) is 3.16. The van der Waals surface area contributed by atoms with Crippen molar-refractivity contribution in [1.29, 1.82) is 0 Å². The van der Waals surface area contributed by atoms with Gasteiger partial charge in [-0.25, -0.2) is 8.42 Å². The predicted octanol–water partition coefficient (Wildman–Crippen LogP) is 3.35. The first kappa shape index (κ1) is 16.5. The zero-order valence-corrected chi connectivity index (χ0v) is 14.5. The first-order valence-electron chi connectivity index (χ1n) is 7.39. The topological polar surface area (TPSA) is 64.0 Å². The maximum atomic E-state index is 12.5. The summed E-state index contributed by atoms with van der Waals surface area (Å²) in [5.74, 6) is 0.424. The molecule has 1 aromatic heterocycles. The Hall–Kier alpha value is -1.82. The molecule has 1 atom stereocenters. The number of hydrogen-bond donors (Lipinski definition) is 1. The lowest BCUT2D eigenvalue weighted by molar-refractivity contribution is 0.601. The summed E-state index contributed by atoms with van der Waals surface area (Å²) in [6.45, 7) is 7.87. The smallest absolute Gasteiger partial charge is 0.262 e. The molecule has 0 aliphatic carbocycles. The highest BCUT2D eigenvalue weighted by molar-refractivity contribution is 7.92. The number of nitrogens with one attached hydrogen (secondary N) is 1. The molecule has 1 N–H and O–H groups in total. The van der Waals surface area contributed by atoms with Gasteiger partial charge in [-0.2, -0.15) is 5.10 Å². The van der Waals surface area contributed by atoms with Gasteiger partial charge in [0.1, 0.15) is 0 Å². The molecule has 0 amide bonds. The summed E-state index contributed by atoms with van der Waals surface area (Å²) in [4.78, 5) is 0.266. The highest BCUT2D eigenvalue weighted by atomic mass is 32.2. The van der Waals surface area contributed by atoms with Gasteiger partial charge in [0.05, 0.1) is 22.0 Å². The quantitative estimate of drug-likeness (QED) is 0.918. The van der Waals surface area contributed by atoms with Crippen LogP contribution in [0.4, 0.5) is 5.69 Å². The molecule has 0 radical (unpaired) electrons. The molecule has 0 saturated carbocycles. The van der Waals surface area contributed by atoms with Crippen LogP contribution in [0.5, 0.6) is 0 Å². The average Bonchev–Trinajstić information content (AvgIpc) is 2.73. The molecule has 1 aromatic carbocycles. The number of anilines is 1. The van der Waals surface area contributed by atoms with Crippen molar-refractivity contribution in [2.24, 2.45) is 7.05 Å². The minimum Gasteiger partial charge on any atom is -0.276 e. The maximum Gasteiger partial charge on any atom is 0.262 e. The Labute approximate surface area is 132 Å². The SMILES string of the molecule is CCC(C)c1ccc(S(=O)(=O)Nc2c(C)nn(C)c2C)cc1. The summed E-state index contributed by atoms with van der Waals surface area (Å²) in [6.07, 6.45) is 1.03. The van der Waals surface area contributed by atoms with Crippen LogP contribution in [-0.4, -0.2) is 18.2 Å². The van der Waals surface area contributed by atoms with Crippen molar-refractivity contribution >= 4 is 15.7 Å². The second-order valence-electron chi connectivity index (χ2n) is 5.65. The van der Waals surface area contributed by atoms with Crippen LogP contribution in [-0.2, 0) is 17.1 Å². The minimum absolute atomic E-state index is 0.266. The molecule has 0 spiro atoms. The lowest BCUT2D eigenvalue weighted by Gasteiger charge is -2.11. The number of hydrogen-bond acceptors (Lipinski definition) is 3. The number of sulfonamides is 1. The molecular weight excluding hydrogens is 298 g/mol. The molecular formula is C16H23N3O2S. The first-order valence-corrected chi connectivity index (χ1v) is 8.87. The van der Waals surface area contributed by atoms with Gasteiger partial charge >= 0.3 is 0 Å². The van der Waals surface area contributed by atoms with Gasteiger partial charge in [-0.3, -0.25) is 9.40 Å². The molecule has 6 heteroatoms. The van der Waals surface area contributed by atoms with Gasteiger partial charge in [0.15, 0.2) is 0 Å². The van der Waals surface area contributed by atoms with Crippen LogP contribution in [0.3, 0.4) is 0 Å². The van der Waals surface area contributed by atoms with Crippen LogP contribution < -0.4 is 4.72 Å². The summed E-state index contributed by atoms with van der Waals surface area (Å²) >= 11 is 0. The van der Waals surface area contributed by atoms with Gasteiger partial charge in [0.2, 0.25) is 0 Å². The van der Waals surface area contributed by atoms with Crippen molar-refractivity contribution < 1.29 is 8.42 Å². The van der Waals surface area contributed by atoms with Gasteiger partial charge in [-0.1, -0.05) is 26.0 Å². The number of aromatic nitrogens is 2. The molecule has 0 aliphatic rings. The van der Waals surface area contributed by atoms with E-state index in [1.54, 1.807) is 30.8 Å². The van der Waals surface area contributed by atoms with Crippen molar-refractivity contribution in [2.45, 2.75) is 44.9 Å². The summed E-state index contributed by atoms with van der Waals surface area (Å²) in [5.41, 5.74) is 3.15. The zero-order valence-electron chi connectivity index (χ0n) is 13.7. The summed E-state index contributed by atoms with van der Waals surface area (Å²) in [5, 5.41) is 4.23. The number of aryl methyl sites for hydroxylation is 2. The predicted molar refractivity (Wildman–Crippen MR) is 88.6 cm³/mol. The molecule has 0 fully saturated rings. The molecule has 2 rings (SSSR count). The van der Waals surface area contributed by atoms with E-state index in [-0.39, 0.29) is 4.90 Å². The zero-order chi connectivity index (χ0) is 16.5. The highest BCUT2D eigenvalue weighted by Gasteiger charge is 2.19. The largest absolute Gasteiger partial charge is 0.276 e. The van der Waals surface area contributed by atoms with Crippen LogP contribution in [0.2, 0.25) is 0 Å². The van der Waals surface area contributed by atoms with E-state index in [1.807, 2.05) is 19.1 Å². The number of rotatable bonds is 5. The Morgan fingerprint density at radius 2 is 1.82 bits per heavy atom. The molecule has 2 aromatic rings. The Balaban J connectivity index is 2.31. The molecule has 120 valence electrons. The average molecular weight is 321 g/mol.